The lowest BCUT2D eigenvalue weighted by molar-refractivity contribution is -0.141. The molecule has 1 aromatic heterocycles. The maximum absolute atomic E-state index is 12.8. The van der Waals surface area contributed by atoms with Crippen molar-refractivity contribution in [3.05, 3.63) is 48.3 Å². The van der Waals surface area contributed by atoms with Gasteiger partial charge in [-0.3, -0.25) is 9.59 Å². The van der Waals surface area contributed by atoms with E-state index in [9.17, 15) is 9.59 Å². The van der Waals surface area contributed by atoms with Crippen LogP contribution in [0.3, 0.4) is 0 Å². The molecule has 1 N–H and O–H groups in total. The molecule has 1 amide bonds. The Labute approximate surface area is 153 Å². The highest BCUT2D eigenvalue weighted by molar-refractivity contribution is 5.94. The Morgan fingerprint density at radius 3 is 2.62 bits per heavy atom. The average molecular weight is 359 g/mol. The molecule has 0 aliphatic heterocycles. The molecule has 0 saturated heterocycles. The number of rotatable bonds is 10. The second-order valence-electron chi connectivity index (χ2n) is 6.04. The van der Waals surface area contributed by atoms with Crippen LogP contribution in [0.1, 0.15) is 30.6 Å². The van der Waals surface area contributed by atoms with E-state index in [0.717, 1.165) is 5.69 Å². The van der Waals surface area contributed by atoms with Crippen molar-refractivity contribution < 1.29 is 19.4 Å². The Kier molecular flexibility index (Phi) is 7.35. The maximum atomic E-state index is 12.8. The van der Waals surface area contributed by atoms with E-state index in [-0.39, 0.29) is 12.5 Å². The summed E-state index contributed by atoms with van der Waals surface area (Å²) in [5.74, 6) is -1.72. The van der Waals surface area contributed by atoms with Gasteiger partial charge in [0.2, 0.25) is 0 Å². The molecule has 140 valence electrons. The number of aromatic nitrogens is 2. The predicted molar refractivity (Wildman–Crippen MR) is 97.4 cm³/mol. The van der Waals surface area contributed by atoms with Crippen LogP contribution in [-0.2, 0) is 9.53 Å². The molecule has 2 aromatic rings. The first-order chi connectivity index (χ1) is 12.5. The molecule has 1 atom stereocenters. The first-order valence-electron chi connectivity index (χ1n) is 8.72. The van der Waals surface area contributed by atoms with Crippen molar-refractivity contribution in [1.29, 1.82) is 0 Å². The fourth-order valence-corrected chi connectivity index (χ4v) is 2.55. The zero-order valence-corrected chi connectivity index (χ0v) is 15.2. The Bertz CT molecular complexity index is 698. The summed E-state index contributed by atoms with van der Waals surface area (Å²) in [7, 11) is 0. The highest BCUT2D eigenvalue weighted by Crippen LogP contribution is 2.13. The van der Waals surface area contributed by atoms with Gasteiger partial charge in [-0.15, -0.1) is 0 Å². The zero-order chi connectivity index (χ0) is 18.9. The molecule has 0 spiro atoms. The third-order valence-electron chi connectivity index (χ3n) is 4.01. The third kappa shape index (κ3) is 5.42. The second kappa shape index (κ2) is 9.72. The fourth-order valence-electron chi connectivity index (χ4n) is 2.55. The van der Waals surface area contributed by atoms with Gasteiger partial charge in [0.05, 0.1) is 11.6 Å². The molecule has 0 aliphatic rings. The number of nitrogens with zero attached hydrogens (tertiary/aromatic N) is 3. The van der Waals surface area contributed by atoms with Crippen LogP contribution in [0.5, 0.6) is 0 Å². The normalized spacial score (nSPS) is 11.9. The molecule has 0 radical (unpaired) electrons. The number of hydrogen-bond acceptors (Lipinski definition) is 4. The van der Waals surface area contributed by atoms with E-state index < -0.39 is 11.9 Å². The zero-order valence-electron chi connectivity index (χ0n) is 15.2. The number of hydrogen-bond donors (Lipinski definition) is 1. The van der Waals surface area contributed by atoms with Gasteiger partial charge in [0.15, 0.2) is 0 Å². The van der Waals surface area contributed by atoms with Gasteiger partial charge in [-0.1, -0.05) is 6.92 Å². The summed E-state index contributed by atoms with van der Waals surface area (Å²) in [6.45, 7) is 5.30. The topological polar surface area (TPSA) is 84.7 Å². The quantitative estimate of drug-likeness (QED) is 0.659. The maximum Gasteiger partial charge on any atom is 0.308 e. The third-order valence-corrected chi connectivity index (χ3v) is 4.01. The van der Waals surface area contributed by atoms with E-state index in [2.05, 4.69) is 5.10 Å². The molecule has 0 aliphatic carbocycles. The number of benzene rings is 1. The summed E-state index contributed by atoms with van der Waals surface area (Å²) >= 11 is 0. The molecule has 1 unspecified atom stereocenters. The van der Waals surface area contributed by atoms with Crippen molar-refractivity contribution in [2.75, 3.05) is 26.3 Å². The minimum atomic E-state index is -0.915. The first-order valence-corrected chi connectivity index (χ1v) is 8.72. The van der Waals surface area contributed by atoms with Crippen molar-refractivity contribution in [3.8, 4) is 5.69 Å². The Hall–Kier alpha value is -2.67. The lowest BCUT2D eigenvalue weighted by Crippen LogP contribution is -2.38. The summed E-state index contributed by atoms with van der Waals surface area (Å²) in [5.41, 5.74) is 1.38. The lowest BCUT2D eigenvalue weighted by atomic mass is 10.1. The Morgan fingerprint density at radius 1 is 1.31 bits per heavy atom. The lowest BCUT2D eigenvalue weighted by Gasteiger charge is -2.24. The molecule has 1 heterocycles. The SMILES string of the molecule is CCOCCCN(CC(C)C(=O)O)C(=O)c1ccc(-n2cccn2)cc1. The number of carbonyl (C=O) groups excluding carboxylic acids is 1. The van der Waals surface area contributed by atoms with Crippen LogP contribution >= 0.6 is 0 Å². The standard InChI is InChI=1S/C19H25N3O4/c1-3-26-13-5-11-21(14-15(2)19(24)25)18(23)16-6-8-17(9-7-16)22-12-4-10-20-22/h4,6-10,12,15H,3,5,11,13-14H2,1-2H3,(H,24,25). The summed E-state index contributed by atoms with van der Waals surface area (Å²) in [5, 5.41) is 13.3. The highest BCUT2D eigenvalue weighted by Gasteiger charge is 2.21. The van der Waals surface area contributed by atoms with Gasteiger partial charge >= 0.3 is 5.97 Å². The minimum Gasteiger partial charge on any atom is -0.481 e. The van der Waals surface area contributed by atoms with E-state index in [0.29, 0.717) is 31.7 Å². The van der Waals surface area contributed by atoms with E-state index in [1.165, 1.54) is 0 Å². The largest absolute Gasteiger partial charge is 0.481 e. The fraction of sp³-hybridized carbons (Fsp3) is 0.421. The van der Waals surface area contributed by atoms with E-state index in [4.69, 9.17) is 9.84 Å². The molecule has 7 nitrogen and oxygen atoms in total. The van der Waals surface area contributed by atoms with E-state index in [1.54, 1.807) is 34.8 Å². The number of carboxylic acid groups (broad SMARTS) is 1. The van der Waals surface area contributed by atoms with Crippen LogP contribution in [0.2, 0.25) is 0 Å². The molecular formula is C19H25N3O4. The number of amides is 1. The molecule has 0 bridgehead atoms. The Balaban J connectivity index is 2.09. The van der Waals surface area contributed by atoms with Gasteiger partial charge in [0.25, 0.3) is 5.91 Å². The van der Waals surface area contributed by atoms with Crippen molar-refractivity contribution in [1.82, 2.24) is 14.7 Å². The number of aliphatic carboxylic acids is 1. The Morgan fingerprint density at radius 2 is 2.04 bits per heavy atom. The minimum absolute atomic E-state index is 0.168. The van der Waals surface area contributed by atoms with Crippen LogP contribution < -0.4 is 0 Å². The van der Waals surface area contributed by atoms with Gasteiger partial charge in [0.1, 0.15) is 0 Å². The van der Waals surface area contributed by atoms with Crippen molar-refractivity contribution in [3.63, 3.8) is 0 Å². The van der Waals surface area contributed by atoms with Crippen molar-refractivity contribution in [2.24, 2.45) is 5.92 Å². The van der Waals surface area contributed by atoms with Gasteiger partial charge in [-0.25, -0.2) is 4.68 Å². The number of carbonyl (C=O) groups is 2. The van der Waals surface area contributed by atoms with Crippen molar-refractivity contribution >= 4 is 11.9 Å². The summed E-state index contributed by atoms with van der Waals surface area (Å²) in [6, 6.07) is 8.94. The smallest absolute Gasteiger partial charge is 0.308 e. The first kappa shape index (κ1) is 19.7. The molecule has 0 fully saturated rings. The van der Waals surface area contributed by atoms with Crippen LogP contribution in [-0.4, -0.2) is 58.0 Å². The summed E-state index contributed by atoms with van der Waals surface area (Å²) in [4.78, 5) is 25.6. The van der Waals surface area contributed by atoms with Crippen molar-refractivity contribution in [2.45, 2.75) is 20.3 Å². The number of carboxylic acids is 1. The average Bonchev–Trinajstić information content (AvgIpc) is 3.18. The van der Waals surface area contributed by atoms with E-state index in [1.807, 2.05) is 31.3 Å². The van der Waals surface area contributed by atoms with Gasteiger partial charge < -0.3 is 14.7 Å². The monoisotopic (exact) mass is 359 g/mol. The number of ether oxygens (including phenoxy) is 1. The molecule has 0 saturated carbocycles. The molecule has 7 heteroatoms. The predicted octanol–water partition coefficient (Wildman–Crippen LogP) is 2.46. The van der Waals surface area contributed by atoms with Crippen LogP contribution in [0.25, 0.3) is 5.69 Å². The van der Waals surface area contributed by atoms with Gasteiger partial charge in [0, 0.05) is 44.3 Å². The molecule has 2 rings (SSSR count). The molecule has 26 heavy (non-hydrogen) atoms. The van der Waals surface area contributed by atoms with Gasteiger partial charge in [-0.05, 0) is 43.7 Å². The second-order valence-corrected chi connectivity index (χ2v) is 6.04. The summed E-state index contributed by atoms with van der Waals surface area (Å²) < 4.78 is 7.02. The van der Waals surface area contributed by atoms with Crippen LogP contribution in [0, 0.1) is 5.92 Å². The van der Waals surface area contributed by atoms with E-state index >= 15 is 0 Å². The molecule has 1 aromatic carbocycles. The van der Waals surface area contributed by atoms with Crippen LogP contribution in [0.15, 0.2) is 42.7 Å². The molecular weight excluding hydrogens is 334 g/mol. The highest BCUT2D eigenvalue weighted by atomic mass is 16.5. The van der Waals surface area contributed by atoms with Gasteiger partial charge in [-0.2, -0.15) is 5.10 Å². The summed E-state index contributed by atoms with van der Waals surface area (Å²) in [6.07, 6.45) is 4.18. The van der Waals surface area contributed by atoms with Crippen LogP contribution in [0.4, 0.5) is 0 Å².